The number of benzene rings is 1. The number of ether oxygens (including phenoxy) is 1. The number of carboxylic acid groups (broad SMARTS) is 1. The van der Waals surface area contributed by atoms with Gasteiger partial charge in [-0.3, -0.25) is 10.1 Å². The molecule has 5 N–H and O–H groups in total. The zero-order valence-corrected chi connectivity index (χ0v) is 13.4. The van der Waals surface area contributed by atoms with Gasteiger partial charge in [-0.1, -0.05) is 6.07 Å². The van der Waals surface area contributed by atoms with Crippen LogP contribution in [-0.2, 0) is 14.9 Å². The van der Waals surface area contributed by atoms with Crippen LogP contribution in [0.25, 0.3) is 0 Å². The van der Waals surface area contributed by atoms with E-state index in [2.05, 4.69) is 5.32 Å². The van der Waals surface area contributed by atoms with Crippen LogP contribution in [0.1, 0.15) is 39.2 Å². The Morgan fingerprint density at radius 1 is 1.35 bits per heavy atom. The molecular weight excluding hydrogens is 300 g/mol. The molecule has 1 aliphatic carbocycles. The number of nitrogens with two attached hydrogens (primary N) is 1. The maximum atomic E-state index is 11.7. The molecule has 0 atom stereocenters. The number of aliphatic carboxylic acids is 1. The Kier molecular flexibility index (Phi) is 4.26. The number of phenols is 1. The number of carboxylic acids is 1. The van der Waals surface area contributed by atoms with Gasteiger partial charge in [-0.15, -0.1) is 0 Å². The number of anilines is 1. The Morgan fingerprint density at radius 2 is 1.96 bits per heavy atom. The summed E-state index contributed by atoms with van der Waals surface area (Å²) in [7, 11) is 0. The van der Waals surface area contributed by atoms with Gasteiger partial charge in [-0.25, -0.2) is 4.79 Å². The van der Waals surface area contributed by atoms with E-state index >= 15 is 0 Å². The quantitative estimate of drug-likeness (QED) is 0.633. The zero-order chi connectivity index (χ0) is 17.4. The lowest BCUT2D eigenvalue weighted by molar-refractivity contribution is -0.148. The number of hydrogen-bond acceptors (Lipinski definition) is 5. The van der Waals surface area contributed by atoms with Crippen LogP contribution in [0, 0.1) is 0 Å². The molecule has 0 bridgehead atoms. The van der Waals surface area contributed by atoms with Crippen LogP contribution in [0.3, 0.4) is 0 Å². The molecule has 0 heterocycles. The van der Waals surface area contributed by atoms with E-state index in [1.54, 1.807) is 26.8 Å². The number of hydrogen-bond donors (Lipinski definition) is 4. The van der Waals surface area contributed by atoms with E-state index in [0.717, 1.165) is 0 Å². The minimum atomic E-state index is -1.07. The fourth-order valence-electron chi connectivity index (χ4n) is 2.72. The summed E-state index contributed by atoms with van der Waals surface area (Å²) in [4.78, 5) is 23.3. The SMILES string of the molecule is CC(C)(C)OC(=O)Nc1ccc(C2(C(=O)O)CC(N)C2)cc1O. The third-order valence-electron chi connectivity index (χ3n) is 3.82. The van der Waals surface area contributed by atoms with Gasteiger partial charge in [0.05, 0.1) is 11.1 Å². The second kappa shape index (κ2) is 5.73. The van der Waals surface area contributed by atoms with Crippen LogP contribution >= 0.6 is 0 Å². The van der Waals surface area contributed by atoms with E-state index in [9.17, 15) is 19.8 Å². The molecular formula is C16H22N2O5. The zero-order valence-electron chi connectivity index (χ0n) is 13.4. The number of rotatable bonds is 3. The van der Waals surface area contributed by atoms with Crippen molar-refractivity contribution < 1.29 is 24.5 Å². The maximum absolute atomic E-state index is 11.7. The average Bonchev–Trinajstić information content (AvgIpc) is 2.34. The van der Waals surface area contributed by atoms with E-state index in [4.69, 9.17) is 10.5 Å². The molecule has 7 nitrogen and oxygen atoms in total. The predicted molar refractivity (Wildman–Crippen MR) is 84.5 cm³/mol. The van der Waals surface area contributed by atoms with Crippen molar-refractivity contribution in [2.24, 2.45) is 5.73 Å². The standard InChI is InChI=1S/C16H22N2O5/c1-15(2,3)23-14(22)18-11-5-4-9(6-12(11)19)16(13(20)21)7-10(17)8-16/h4-6,10,19H,7-8,17H2,1-3H3,(H,18,22)(H,20,21). The first kappa shape index (κ1) is 17.1. The summed E-state index contributed by atoms with van der Waals surface area (Å²) in [5.41, 5.74) is 4.63. The van der Waals surface area contributed by atoms with Gasteiger partial charge in [0.15, 0.2) is 0 Å². The van der Waals surface area contributed by atoms with Gasteiger partial charge in [0, 0.05) is 6.04 Å². The fourth-order valence-corrected chi connectivity index (χ4v) is 2.72. The summed E-state index contributed by atoms with van der Waals surface area (Å²) in [6, 6.07) is 4.23. The average molecular weight is 322 g/mol. The molecule has 1 fully saturated rings. The first-order chi connectivity index (χ1) is 10.5. The number of nitrogens with one attached hydrogen (secondary N) is 1. The lowest BCUT2D eigenvalue weighted by Gasteiger charge is -2.43. The monoisotopic (exact) mass is 322 g/mol. The number of aromatic hydroxyl groups is 1. The molecule has 0 spiro atoms. The molecule has 1 aromatic rings. The molecule has 2 rings (SSSR count). The molecule has 0 unspecified atom stereocenters. The van der Waals surface area contributed by atoms with Crippen molar-refractivity contribution >= 4 is 17.7 Å². The third kappa shape index (κ3) is 3.56. The summed E-state index contributed by atoms with van der Waals surface area (Å²) < 4.78 is 5.11. The number of amides is 1. The van der Waals surface area contributed by atoms with Gasteiger partial charge in [-0.05, 0) is 51.3 Å². The van der Waals surface area contributed by atoms with Gasteiger partial charge < -0.3 is 20.7 Å². The molecule has 0 radical (unpaired) electrons. The first-order valence-electron chi connectivity index (χ1n) is 7.36. The van der Waals surface area contributed by atoms with Gasteiger partial charge in [0.25, 0.3) is 0 Å². The number of phenolic OH excluding ortho intramolecular Hbond substituents is 1. The van der Waals surface area contributed by atoms with E-state index < -0.39 is 23.1 Å². The summed E-state index contributed by atoms with van der Waals surface area (Å²) in [5.74, 6) is -1.18. The number of carbonyl (C=O) groups is 2. The van der Waals surface area contributed by atoms with Crippen LogP contribution < -0.4 is 11.1 Å². The van der Waals surface area contributed by atoms with Crippen molar-refractivity contribution in [3.8, 4) is 5.75 Å². The molecule has 1 saturated carbocycles. The first-order valence-corrected chi connectivity index (χ1v) is 7.36. The highest BCUT2D eigenvalue weighted by molar-refractivity contribution is 5.88. The van der Waals surface area contributed by atoms with E-state index in [-0.39, 0.29) is 17.5 Å². The van der Waals surface area contributed by atoms with E-state index in [0.29, 0.717) is 18.4 Å². The van der Waals surface area contributed by atoms with E-state index in [1.165, 1.54) is 12.1 Å². The molecule has 23 heavy (non-hydrogen) atoms. The Bertz CT molecular complexity index is 630. The topological polar surface area (TPSA) is 122 Å². The van der Waals surface area contributed by atoms with Crippen LogP contribution in [0.15, 0.2) is 18.2 Å². The Balaban J connectivity index is 2.18. The smallest absolute Gasteiger partial charge is 0.412 e. The fraction of sp³-hybridized carbons (Fsp3) is 0.500. The van der Waals surface area contributed by atoms with Crippen molar-refractivity contribution in [2.45, 2.75) is 50.7 Å². The normalized spacial score (nSPS) is 23.7. The Labute approximate surface area is 134 Å². The summed E-state index contributed by atoms with van der Waals surface area (Å²) in [5, 5.41) is 22.0. The highest BCUT2D eigenvalue weighted by Crippen LogP contribution is 2.45. The van der Waals surface area contributed by atoms with Crippen molar-refractivity contribution in [1.29, 1.82) is 0 Å². The minimum Gasteiger partial charge on any atom is -0.506 e. The Morgan fingerprint density at radius 3 is 2.39 bits per heavy atom. The molecule has 1 aromatic carbocycles. The van der Waals surface area contributed by atoms with Crippen molar-refractivity contribution in [3.63, 3.8) is 0 Å². The highest BCUT2D eigenvalue weighted by Gasteiger charge is 2.50. The molecule has 0 aliphatic heterocycles. The summed E-state index contributed by atoms with van der Waals surface area (Å²) in [6.07, 6.45) is -0.0551. The van der Waals surface area contributed by atoms with Gasteiger partial charge in [0.2, 0.25) is 0 Å². The summed E-state index contributed by atoms with van der Waals surface area (Å²) in [6.45, 7) is 5.18. The van der Waals surface area contributed by atoms with Gasteiger partial charge in [0.1, 0.15) is 11.4 Å². The van der Waals surface area contributed by atoms with Gasteiger partial charge in [-0.2, -0.15) is 0 Å². The lowest BCUT2D eigenvalue weighted by Crippen LogP contribution is -2.54. The second-order valence-corrected chi connectivity index (χ2v) is 6.91. The Hall–Kier alpha value is -2.28. The maximum Gasteiger partial charge on any atom is 0.412 e. The van der Waals surface area contributed by atoms with Crippen molar-refractivity contribution in [1.82, 2.24) is 0 Å². The second-order valence-electron chi connectivity index (χ2n) is 6.91. The van der Waals surface area contributed by atoms with Crippen molar-refractivity contribution in [2.75, 3.05) is 5.32 Å². The molecule has 1 amide bonds. The molecule has 7 heteroatoms. The third-order valence-corrected chi connectivity index (χ3v) is 3.82. The molecule has 0 saturated heterocycles. The van der Waals surface area contributed by atoms with Crippen LogP contribution in [0.5, 0.6) is 5.75 Å². The molecule has 1 aliphatic rings. The largest absolute Gasteiger partial charge is 0.506 e. The minimum absolute atomic E-state index is 0.159. The van der Waals surface area contributed by atoms with Crippen molar-refractivity contribution in [3.05, 3.63) is 23.8 Å². The number of carbonyl (C=O) groups excluding carboxylic acids is 1. The lowest BCUT2D eigenvalue weighted by atomic mass is 9.62. The highest BCUT2D eigenvalue weighted by atomic mass is 16.6. The van der Waals surface area contributed by atoms with Crippen LogP contribution in [-0.4, -0.2) is 33.9 Å². The van der Waals surface area contributed by atoms with E-state index in [1.807, 2.05) is 0 Å². The van der Waals surface area contributed by atoms with Crippen LogP contribution in [0.2, 0.25) is 0 Å². The van der Waals surface area contributed by atoms with Gasteiger partial charge >= 0.3 is 12.1 Å². The van der Waals surface area contributed by atoms with Crippen LogP contribution in [0.4, 0.5) is 10.5 Å². The predicted octanol–water partition coefficient (Wildman–Crippen LogP) is 2.18. The molecule has 126 valence electrons. The summed E-state index contributed by atoms with van der Waals surface area (Å²) >= 11 is 0. The molecule has 0 aromatic heterocycles.